The van der Waals surface area contributed by atoms with E-state index in [4.69, 9.17) is 14.5 Å². The molecule has 78 heavy (non-hydrogen) atoms. The standard InChI is InChI=1S/C59H75FN8O10/c1-9-18-43-57-47(23-22-42-38(6)46(60)29-48(56(42)57)67-58(43)36(4)27-44(41(10-2)11-3)45(34-77-8)39(7)69)65-37(5)33-78-35-64-52(72)31-63-59(76)49(28-40-19-14-12-15-20-40)66-53(73)32-62-51(71)30-61-50(70)21-16-13-17-26-68-54(74)24-25-55(68)75/h10,12,14-15,19-20,24-25,27,29,41,47,49,65H,2,5,9,11,13,16-18,21-23,26,28,30-35H2,1,3-4,6-8H3,(H,61,70)(H,62,71)(H,63,76)(H,64,72)(H,66,73)/b36-27+,45-44+. The number of imide groups is 1. The van der Waals surface area contributed by atoms with Crippen molar-refractivity contribution in [3.8, 4) is 0 Å². The van der Waals surface area contributed by atoms with E-state index in [1.165, 1.54) is 25.1 Å². The van der Waals surface area contributed by atoms with Crippen LogP contribution in [0.1, 0.15) is 112 Å². The highest BCUT2D eigenvalue weighted by atomic mass is 19.1. The van der Waals surface area contributed by atoms with Crippen LogP contribution in [0, 0.1) is 18.7 Å². The smallest absolute Gasteiger partial charge is 0.253 e. The van der Waals surface area contributed by atoms with E-state index in [1.54, 1.807) is 44.4 Å². The molecule has 2 aliphatic rings. The lowest BCUT2D eigenvalue weighted by Gasteiger charge is -2.32. The van der Waals surface area contributed by atoms with Gasteiger partial charge in [-0.25, -0.2) is 9.37 Å². The summed E-state index contributed by atoms with van der Waals surface area (Å²) < 4.78 is 26.9. The van der Waals surface area contributed by atoms with Gasteiger partial charge in [0, 0.05) is 67.3 Å². The maximum absolute atomic E-state index is 15.6. The zero-order chi connectivity index (χ0) is 56.9. The van der Waals surface area contributed by atoms with Crippen LogP contribution in [0.2, 0.25) is 0 Å². The molecule has 18 nitrogen and oxygen atoms in total. The van der Waals surface area contributed by atoms with E-state index in [9.17, 15) is 38.4 Å². The van der Waals surface area contributed by atoms with Crippen molar-refractivity contribution in [2.24, 2.45) is 5.92 Å². The Morgan fingerprint density at radius 1 is 0.897 bits per heavy atom. The zero-order valence-corrected chi connectivity index (χ0v) is 45.8. The summed E-state index contributed by atoms with van der Waals surface area (Å²) >= 11 is 0. The van der Waals surface area contributed by atoms with Crippen molar-refractivity contribution in [2.45, 2.75) is 111 Å². The molecule has 3 atom stereocenters. The van der Waals surface area contributed by atoms with Gasteiger partial charge in [0.05, 0.1) is 50.1 Å². The molecule has 2 heterocycles. The number of rotatable bonds is 32. The molecule has 0 fully saturated rings. The number of allylic oxidation sites excluding steroid dienone is 4. The fourth-order valence-electron chi connectivity index (χ4n) is 9.65. The number of nitrogens with one attached hydrogen (secondary N) is 6. The molecule has 0 bridgehead atoms. The van der Waals surface area contributed by atoms with Gasteiger partial charge >= 0.3 is 0 Å². The molecule has 0 saturated heterocycles. The first-order valence-corrected chi connectivity index (χ1v) is 26.6. The first-order chi connectivity index (χ1) is 37.4. The van der Waals surface area contributed by atoms with Crippen LogP contribution in [0.15, 0.2) is 90.7 Å². The second-order valence-corrected chi connectivity index (χ2v) is 19.4. The Morgan fingerprint density at radius 3 is 2.24 bits per heavy atom. The molecule has 1 aromatic heterocycles. The van der Waals surface area contributed by atoms with E-state index in [1.807, 2.05) is 26.0 Å². The molecule has 5 rings (SSSR count). The predicted molar refractivity (Wildman–Crippen MR) is 295 cm³/mol. The SMILES string of the molecule is C=CC(CC)C(/C=C(\C)c1nc2cc(F)c(C)c3c2c(c1CCC)C(NC(=C)COCNC(=O)CNC(=O)C(Cc1ccccc1)NC(=O)CNC(=O)CNC(=O)CCCCCN1C(=O)C=CC1=O)CC3)=C(\COC)C(C)=O. The quantitative estimate of drug-likeness (QED) is 0.0113. The molecule has 1 aliphatic carbocycles. The number of hydrogen-bond donors (Lipinski definition) is 6. The van der Waals surface area contributed by atoms with Crippen LogP contribution in [0.3, 0.4) is 0 Å². The fraction of sp³-hybridized carbons (Fsp3) is 0.441. The van der Waals surface area contributed by atoms with Crippen molar-refractivity contribution >= 4 is 63.6 Å². The molecule has 3 aromatic rings. The third-order valence-electron chi connectivity index (χ3n) is 13.7. The molecule has 0 radical (unpaired) electrons. The van der Waals surface area contributed by atoms with Gasteiger partial charge < -0.3 is 41.4 Å². The number of carbonyl (C=O) groups is 8. The number of ether oxygens (including phenoxy) is 2. The predicted octanol–water partition coefficient (Wildman–Crippen LogP) is 5.52. The highest BCUT2D eigenvalue weighted by Crippen LogP contribution is 2.42. The largest absolute Gasteiger partial charge is 0.380 e. The summed E-state index contributed by atoms with van der Waals surface area (Å²) in [5.74, 6) is -4.16. The fourth-order valence-corrected chi connectivity index (χ4v) is 9.65. The summed E-state index contributed by atoms with van der Waals surface area (Å²) in [6, 6.07) is 9.06. The van der Waals surface area contributed by atoms with E-state index in [0.717, 1.165) is 50.1 Å². The number of halogens is 1. The van der Waals surface area contributed by atoms with Crippen LogP contribution in [0.4, 0.5) is 4.39 Å². The van der Waals surface area contributed by atoms with Crippen molar-refractivity contribution in [1.82, 2.24) is 41.8 Å². The second-order valence-electron chi connectivity index (χ2n) is 19.4. The van der Waals surface area contributed by atoms with Gasteiger partial charge in [-0.05, 0) is 98.3 Å². The number of ketones is 1. The minimum Gasteiger partial charge on any atom is -0.380 e. The third kappa shape index (κ3) is 17.2. The summed E-state index contributed by atoms with van der Waals surface area (Å²) in [6.07, 6.45) is 11.5. The zero-order valence-electron chi connectivity index (χ0n) is 45.8. The average molecular weight is 1080 g/mol. The lowest BCUT2D eigenvalue weighted by Crippen LogP contribution is -2.52. The molecule has 3 unspecified atom stereocenters. The van der Waals surface area contributed by atoms with Crippen LogP contribution < -0.4 is 31.9 Å². The Morgan fingerprint density at radius 2 is 1.58 bits per heavy atom. The molecular weight excluding hydrogens is 1000 g/mol. The summed E-state index contributed by atoms with van der Waals surface area (Å²) in [7, 11) is 1.55. The van der Waals surface area contributed by atoms with Gasteiger partial charge in [-0.15, -0.1) is 6.58 Å². The van der Waals surface area contributed by atoms with Crippen LogP contribution >= 0.6 is 0 Å². The third-order valence-corrected chi connectivity index (χ3v) is 13.7. The Labute approximate surface area is 456 Å². The van der Waals surface area contributed by atoms with Gasteiger partial charge in [0.15, 0.2) is 5.78 Å². The van der Waals surface area contributed by atoms with Gasteiger partial charge in [0.1, 0.15) is 18.6 Å². The molecule has 7 amide bonds. The van der Waals surface area contributed by atoms with Gasteiger partial charge in [0.25, 0.3) is 11.8 Å². The van der Waals surface area contributed by atoms with Crippen LogP contribution in [0.25, 0.3) is 16.5 Å². The lowest BCUT2D eigenvalue weighted by atomic mass is 9.79. The first-order valence-electron chi connectivity index (χ1n) is 26.6. The van der Waals surface area contributed by atoms with E-state index in [-0.39, 0.29) is 87.2 Å². The number of nitrogens with zero attached hydrogens (tertiary/aromatic N) is 2. The number of methoxy groups -OCH3 is 1. The van der Waals surface area contributed by atoms with Crippen molar-refractivity contribution in [2.75, 3.05) is 53.2 Å². The molecule has 6 N–H and O–H groups in total. The van der Waals surface area contributed by atoms with E-state index >= 15 is 4.39 Å². The summed E-state index contributed by atoms with van der Waals surface area (Å²) in [5, 5.41) is 17.2. The van der Waals surface area contributed by atoms with Crippen molar-refractivity contribution in [3.05, 3.63) is 130 Å². The first kappa shape index (κ1) is 61.2. The lowest BCUT2D eigenvalue weighted by molar-refractivity contribution is -0.137. The van der Waals surface area contributed by atoms with Gasteiger partial charge in [0.2, 0.25) is 29.5 Å². The highest BCUT2D eigenvalue weighted by molar-refractivity contribution is 6.12. The number of pyridine rings is 1. The minimum absolute atomic E-state index is 0.0181. The molecular formula is C59H75FN8O10. The number of unbranched alkanes of at least 4 members (excludes halogenated alkanes) is 2. The normalized spacial score (nSPS) is 15.0. The summed E-state index contributed by atoms with van der Waals surface area (Å²) in [6.45, 7) is 16.6. The maximum Gasteiger partial charge on any atom is 0.253 e. The van der Waals surface area contributed by atoms with Gasteiger partial charge in [-0.3, -0.25) is 43.3 Å². The number of hydrogen-bond acceptors (Lipinski definition) is 12. The molecule has 19 heteroatoms. The van der Waals surface area contributed by atoms with Crippen LogP contribution in [-0.2, 0) is 67.1 Å². The van der Waals surface area contributed by atoms with Gasteiger partial charge in [-0.2, -0.15) is 0 Å². The monoisotopic (exact) mass is 1070 g/mol. The number of amides is 7. The molecule has 0 saturated carbocycles. The molecule has 418 valence electrons. The van der Waals surface area contributed by atoms with E-state index in [2.05, 4.69) is 52.0 Å². The topological polar surface area (TPSA) is 243 Å². The Bertz CT molecular complexity index is 2830. The average Bonchev–Trinajstić information content (AvgIpc) is 3.91. The Balaban J connectivity index is 1.15. The van der Waals surface area contributed by atoms with Crippen molar-refractivity contribution < 1.29 is 52.2 Å². The minimum atomic E-state index is -1.11. The maximum atomic E-state index is 15.6. The summed E-state index contributed by atoms with van der Waals surface area (Å²) in [5.41, 5.74) is 8.19. The Kier molecular flexibility index (Phi) is 23.8. The van der Waals surface area contributed by atoms with Crippen molar-refractivity contribution in [3.63, 3.8) is 0 Å². The molecule has 1 aliphatic heterocycles. The van der Waals surface area contributed by atoms with Crippen LogP contribution in [0.5, 0.6) is 0 Å². The van der Waals surface area contributed by atoms with E-state index in [0.29, 0.717) is 73.0 Å². The number of Topliss-reactive ketones (excluding diaryl/α,β-unsaturated/α-hetero) is 1. The molecule has 0 spiro atoms. The number of aryl methyl sites for hydroxylation is 1. The van der Waals surface area contributed by atoms with E-state index < -0.39 is 42.8 Å². The Hall–Kier alpha value is -7.64. The summed E-state index contributed by atoms with van der Waals surface area (Å²) in [4.78, 5) is 107. The molecule has 2 aromatic carbocycles. The number of carbonyl (C=O) groups excluding carboxylic acids is 8. The highest BCUT2D eigenvalue weighted by Gasteiger charge is 2.31. The van der Waals surface area contributed by atoms with Crippen LogP contribution in [-0.4, -0.2) is 116 Å². The number of benzene rings is 2. The number of aromatic nitrogens is 1. The second kappa shape index (κ2) is 30.3. The van der Waals surface area contributed by atoms with Gasteiger partial charge in [-0.1, -0.05) is 75.8 Å². The van der Waals surface area contributed by atoms with Crippen molar-refractivity contribution in [1.29, 1.82) is 0 Å².